The maximum atomic E-state index is 13.4. The second-order valence-corrected chi connectivity index (χ2v) is 8.57. The van der Waals surface area contributed by atoms with Crippen molar-refractivity contribution in [3.05, 3.63) is 88.3 Å². The van der Waals surface area contributed by atoms with Gasteiger partial charge in [-0.15, -0.1) is 0 Å². The van der Waals surface area contributed by atoms with Crippen molar-refractivity contribution < 1.29 is 14.1 Å². The smallest absolute Gasteiger partial charge is 0.263 e. The van der Waals surface area contributed by atoms with E-state index >= 15 is 0 Å². The third-order valence-electron chi connectivity index (χ3n) is 6.03. The van der Waals surface area contributed by atoms with E-state index in [2.05, 4.69) is 27.4 Å². The van der Waals surface area contributed by atoms with Crippen molar-refractivity contribution in [2.75, 3.05) is 12.4 Å². The molecule has 0 aliphatic carbocycles. The molecule has 37 heavy (non-hydrogen) atoms. The molecule has 3 heterocycles. The molecule has 0 fully saturated rings. The highest BCUT2D eigenvalue weighted by Gasteiger charge is 2.19. The average Bonchev–Trinajstić information content (AvgIpc) is 3.41. The summed E-state index contributed by atoms with van der Waals surface area (Å²) < 4.78 is 12.3. The number of anilines is 1. The number of fused-ring (bicyclic) bond motifs is 1. The fourth-order valence-corrected chi connectivity index (χ4v) is 4.00. The Kier molecular flexibility index (Phi) is 6.51. The van der Waals surface area contributed by atoms with Crippen LogP contribution in [-0.2, 0) is 17.8 Å². The van der Waals surface area contributed by atoms with Gasteiger partial charge in [0.25, 0.3) is 5.89 Å². The highest BCUT2D eigenvalue weighted by Crippen LogP contribution is 2.24. The van der Waals surface area contributed by atoms with Gasteiger partial charge >= 0.3 is 0 Å². The van der Waals surface area contributed by atoms with Crippen LogP contribution in [0.25, 0.3) is 33.9 Å². The molecule has 1 amide bonds. The van der Waals surface area contributed by atoms with E-state index in [-0.39, 0.29) is 29.3 Å². The summed E-state index contributed by atoms with van der Waals surface area (Å²) in [5.41, 5.74) is 3.59. The SMILES string of the molecule is CCc1ccc(NC(=O)Cn2cc(-c3nc(-c4ccc(OC)cc4)no3)c(=O)c3ccc(C)nc32)cc1. The Hall–Kier alpha value is -4.79. The number of methoxy groups -OCH3 is 1. The molecule has 0 aliphatic rings. The highest BCUT2D eigenvalue weighted by molar-refractivity contribution is 5.92. The van der Waals surface area contributed by atoms with E-state index in [0.717, 1.165) is 12.1 Å². The number of benzene rings is 2. The van der Waals surface area contributed by atoms with E-state index in [4.69, 9.17) is 9.26 Å². The van der Waals surface area contributed by atoms with Gasteiger partial charge in [0.1, 0.15) is 23.5 Å². The molecule has 0 aliphatic heterocycles. The second kappa shape index (κ2) is 10.1. The monoisotopic (exact) mass is 495 g/mol. The molecular formula is C28H25N5O4. The number of nitrogens with one attached hydrogen (secondary N) is 1. The van der Waals surface area contributed by atoms with Crippen LogP contribution in [0.15, 0.2) is 76.2 Å². The topological polar surface area (TPSA) is 112 Å². The average molecular weight is 496 g/mol. The Labute approximate surface area is 212 Å². The summed E-state index contributed by atoms with van der Waals surface area (Å²) in [6.07, 6.45) is 2.46. The first-order valence-corrected chi connectivity index (χ1v) is 11.8. The first kappa shape index (κ1) is 23.9. The predicted octanol–water partition coefficient (Wildman–Crippen LogP) is 4.63. The summed E-state index contributed by atoms with van der Waals surface area (Å²) in [6.45, 7) is 3.84. The number of aryl methyl sites for hydroxylation is 2. The van der Waals surface area contributed by atoms with E-state index in [1.54, 1.807) is 54.3 Å². The molecule has 2 aromatic carbocycles. The number of carbonyl (C=O) groups is 1. The minimum Gasteiger partial charge on any atom is -0.497 e. The summed E-state index contributed by atoms with van der Waals surface area (Å²) in [5.74, 6) is 0.835. The summed E-state index contributed by atoms with van der Waals surface area (Å²) in [5, 5.41) is 7.30. The maximum Gasteiger partial charge on any atom is 0.263 e. The Balaban J connectivity index is 1.50. The Morgan fingerprint density at radius 1 is 1.03 bits per heavy atom. The number of carbonyl (C=O) groups excluding carboxylic acids is 1. The molecule has 0 atom stereocenters. The summed E-state index contributed by atoms with van der Waals surface area (Å²) >= 11 is 0. The number of ether oxygens (including phenoxy) is 1. The molecule has 1 N–H and O–H groups in total. The Morgan fingerprint density at radius 2 is 1.78 bits per heavy atom. The lowest BCUT2D eigenvalue weighted by Crippen LogP contribution is -2.22. The predicted molar refractivity (Wildman–Crippen MR) is 140 cm³/mol. The van der Waals surface area contributed by atoms with Crippen LogP contribution in [0.2, 0.25) is 0 Å². The van der Waals surface area contributed by atoms with Gasteiger partial charge in [-0.25, -0.2) is 4.98 Å². The fraction of sp³-hybridized carbons (Fsp3) is 0.179. The van der Waals surface area contributed by atoms with E-state index in [0.29, 0.717) is 33.9 Å². The van der Waals surface area contributed by atoms with Crippen molar-refractivity contribution in [3.63, 3.8) is 0 Å². The number of hydrogen-bond acceptors (Lipinski definition) is 7. The molecule has 0 saturated heterocycles. The molecule has 9 nitrogen and oxygen atoms in total. The van der Waals surface area contributed by atoms with Crippen molar-refractivity contribution >= 4 is 22.6 Å². The quantitative estimate of drug-likeness (QED) is 0.350. The van der Waals surface area contributed by atoms with Crippen LogP contribution >= 0.6 is 0 Å². The zero-order valence-electron chi connectivity index (χ0n) is 20.7. The second-order valence-electron chi connectivity index (χ2n) is 8.57. The molecule has 5 aromatic rings. The van der Waals surface area contributed by atoms with E-state index in [1.807, 2.05) is 31.2 Å². The van der Waals surface area contributed by atoms with Gasteiger partial charge in [-0.3, -0.25) is 9.59 Å². The van der Waals surface area contributed by atoms with Crippen LogP contribution in [0.5, 0.6) is 5.75 Å². The normalized spacial score (nSPS) is 11.0. The van der Waals surface area contributed by atoms with Crippen molar-refractivity contribution in [2.45, 2.75) is 26.8 Å². The van der Waals surface area contributed by atoms with Crippen molar-refractivity contribution in [1.82, 2.24) is 19.7 Å². The number of aromatic nitrogens is 4. The summed E-state index contributed by atoms with van der Waals surface area (Å²) in [4.78, 5) is 35.3. The van der Waals surface area contributed by atoms with Gasteiger partial charge in [0.15, 0.2) is 0 Å². The van der Waals surface area contributed by atoms with Crippen molar-refractivity contribution in [2.24, 2.45) is 0 Å². The molecule has 186 valence electrons. The molecule has 9 heteroatoms. The van der Waals surface area contributed by atoms with Crippen LogP contribution < -0.4 is 15.5 Å². The lowest BCUT2D eigenvalue weighted by molar-refractivity contribution is -0.116. The molecule has 3 aromatic heterocycles. The van der Waals surface area contributed by atoms with Crippen LogP contribution in [-0.4, -0.2) is 32.7 Å². The Bertz CT molecular complexity index is 1640. The number of hydrogen-bond donors (Lipinski definition) is 1. The molecule has 0 saturated carbocycles. The molecular weight excluding hydrogens is 470 g/mol. The number of rotatable bonds is 7. The minimum atomic E-state index is -0.306. The fourth-order valence-electron chi connectivity index (χ4n) is 4.00. The van der Waals surface area contributed by atoms with Gasteiger partial charge in [-0.1, -0.05) is 24.2 Å². The molecule has 5 rings (SSSR count). The molecule has 0 spiro atoms. The Morgan fingerprint density at radius 3 is 2.49 bits per heavy atom. The summed E-state index contributed by atoms with van der Waals surface area (Å²) in [7, 11) is 1.59. The van der Waals surface area contributed by atoms with Crippen LogP contribution in [0, 0.1) is 6.92 Å². The van der Waals surface area contributed by atoms with Crippen LogP contribution in [0.1, 0.15) is 18.2 Å². The standard InChI is InChI=1S/C28H25N5O4/c1-4-18-6-10-20(11-7-18)30-24(34)16-33-15-23(25(35)22-14-5-17(2)29-27(22)33)28-31-26(32-37-28)19-8-12-21(36-3)13-9-19/h5-15H,4,16H2,1-3H3,(H,30,34). The molecule has 0 bridgehead atoms. The first-order chi connectivity index (χ1) is 17.9. The minimum absolute atomic E-state index is 0.0580. The lowest BCUT2D eigenvalue weighted by Gasteiger charge is -2.12. The zero-order chi connectivity index (χ0) is 25.9. The largest absolute Gasteiger partial charge is 0.497 e. The van der Waals surface area contributed by atoms with Crippen LogP contribution in [0.4, 0.5) is 5.69 Å². The first-order valence-electron chi connectivity index (χ1n) is 11.8. The van der Waals surface area contributed by atoms with Gasteiger partial charge in [0.05, 0.1) is 12.5 Å². The molecule has 0 unspecified atom stereocenters. The number of amides is 1. The zero-order valence-corrected chi connectivity index (χ0v) is 20.7. The lowest BCUT2D eigenvalue weighted by atomic mass is 10.1. The third-order valence-corrected chi connectivity index (χ3v) is 6.03. The van der Waals surface area contributed by atoms with E-state index in [9.17, 15) is 9.59 Å². The van der Waals surface area contributed by atoms with Gasteiger partial charge in [-0.05, 0) is 67.4 Å². The number of nitrogens with zero attached hydrogens (tertiary/aromatic N) is 4. The van der Waals surface area contributed by atoms with Gasteiger partial charge in [0, 0.05) is 23.1 Å². The van der Waals surface area contributed by atoms with Gasteiger partial charge in [-0.2, -0.15) is 4.98 Å². The van der Waals surface area contributed by atoms with E-state index < -0.39 is 0 Å². The highest BCUT2D eigenvalue weighted by atomic mass is 16.5. The third kappa shape index (κ3) is 4.97. The van der Waals surface area contributed by atoms with Crippen molar-refractivity contribution in [1.29, 1.82) is 0 Å². The van der Waals surface area contributed by atoms with Crippen molar-refractivity contribution in [3.8, 4) is 28.6 Å². The maximum absolute atomic E-state index is 13.4. The van der Waals surface area contributed by atoms with E-state index in [1.165, 1.54) is 5.56 Å². The number of pyridine rings is 2. The molecule has 0 radical (unpaired) electrons. The van der Waals surface area contributed by atoms with Gasteiger partial charge in [0.2, 0.25) is 17.2 Å². The van der Waals surface area contributed by atoms with Crippen LogP contribution in [0.3, 0.4) is 0 Å². The van der Waals surface area contributed by atoms with Gasteiger partial charge < -0.3 is 19.1 Å². The summed E-state index contributed by atoms with van der Waals surface area (Å²) in [6, 6.07) is 18.3.